The van der Waals surface area contributed by atoms with Gasteiger partial charge in [-0.3, -0.25) is 9.59 Å². The van der Waals surface area contributed by atoms with Crippen LogP contribution in [0.1, 0.15) is 22.0 Å². The monoisotopic (exact) mass is 362 g/mol. The fraction of sp³-hybridized carbons (Fsp3) is 0.0476. The van der Waals surface area contributed by atoms with Gasteiger partial charge in [0.25, 0.3) is 11.8 Å². The summed E-state index contributed by atoms with van der Waals surface area (Å²) < 4.78 is 19.5. The van der Waals surface area contributed by atoms with E-state index in [0.29, 0.717) is 17.1 Å². The number of carbonyl (C=O) groups is 2. The summed E-state index contributed by atoms with van der Waals surface area (Å²) >= 11 is 0. The molecule has 1 aliphatic heterocycles. The minimum atomic E-state index is -0.738. The molecule has 1 heterocycles. The molecule has 0 aromatic heterocycles. The van der Waals surface area contributed by atoms with Crippen LogP contribution in [0, 0.1) is 5.82 Å². The van der Waals surface area contributed by atoms with Crippen molar-refractivity contribution >= 4 is 23.2 Å². The third-order valence-electron chi connectivity index (χ3n) is 4.20. The average Bonchev–Trinajstić information content (AvgIpc) is 2.68. The zero-order chi connectivity index (χ0) is 18.8. The summed E-state index contributed by atoms with van der Waals surface area (Å²) in [7, 11) is 0. The maximum atomic E-state index is 13.7. The fourth-order valence-corrected chi connectivity index (χ4v) is 2.88. The van der Waals surface area contributed by atoms with Crippen LogP contribution in [0.25, 0.3) is 0 Å². The van der Waals surface area contributed by atoms with Gasteiger partial charge in [-0.1, -0.05) is 42.5 Å². The van der Waals surface area contributed by atoms with E-state index in [0.717, 1.165) is 5.56 Å². The van der Waals surface area contributed by atoms with Gasteiger partial charge in [-0.05, 0) is 30.3 Å². The summed E-state index contributed by atoms with van der Waals surface area (Å²) in [5.41, 5.74) is 1.56. The minimum absolute atomic E-state index is 0.0559. The molecule has 0 saturated heterocycles. The van der Waals surface area contributed by atoms with Gasteiger partial charge in [-0.25, -0.2) is 4.39 Å². The Hall–Kier alpha value is -3.67. The zero-order valence-electron chi connectivity index (χ0n) is 14.1. The van der Waals surface area contributed by atoms with Crippen LogP contribution in [0.15, 0.2) is 72.8 Å². The van der Waals surface area contributed by atoms with Crippen molar-refractivity contribution in [3.63, 3.8) is 0 Å². The Labute approximate surface area is 154 Å². The number of ether oxygens (including phenoxy) is 1. The zero-order valence-corrected chi connectivity index (χ0v) is 14.1. The lowest BCUT2D eigenvalue weighted by Crippen LogP contribution is -2.30. The van der Waals surface area contributed by atoms with Crippen molar-refractivity contribution in [2.45, 2.75) is 6.10 Å². The Morgan fingerprint density at radius 1 is 1.00 bits per heavy atom. The first-order valence-electron chi connectivity index (χ1n) is 8.34. The van der Waals surface area contributed by atoms with Crippen molar-refractivity contribution < 1.29 is 18.7 Å². The van der Waals surface area contributed by atoms with Gasteiger partial charge in [0.15, 0.2) is 0 Å². The summed E-state index contributed by atoms with van der Waals surface area (Å²) in [5.74, 6) is -0.979. The van der Waals surface area contributed by atoms with Crippen LogP contribution in [0.3, 0.4) is 0 Å². The highest BCUT2D eigenvalue weighted by atomic mass is 19.1. The Kier molecular flexibility index (Phi) is 4.30. The first-order chi connectivity index (χ1) is 13.1. The highest BCUT2D eigenvalue weighted by Crippen LogP contribution is 2.36. The van der Waals surface area contributed by atoms with Gasteiger partial charge in [-0.15, -0.1) is 0 Å². The lowest BCUT2D eigenvalue weighted by molar-refractivity contribution is -0.123. The number of rotatable bonds is 3. The number of fused-ring (bicyclic) bond motifs is 1. The Balaban J connectivity index is 1.55. The second-order valence-electron chi connectivity index (χ2n) is 6.04. The number of anilines is 2. The maximum absolute atomic E-state index is 13.7. The molecule has 0 fully saturated rings. The summed E-state index contributed by atoms with van der Waals surface area (Å²) in [6.07, 6.45) is -0.738. The lowest BCUT2D eigenvalue weighted by atomic mass is 10.1. The van der Waals surface area contributed by atoms with Crippen molar-refractivity contribution in [1.29, 1.82) is 0 Å². The van der Waals surface area contributed by atoms with E-state index in [1.807, 2.05) is 30.3 Å². The SMILES string of the molecule is O=C(Nc1ccc2c(c1)NC(=O)C(c1ccccc1)O2)c1ccccc1F. The molecule has 5 nitrogen and oxygen atoms in total. The Morgan fingerprint density at radius 3 is 2.52 bits per heavy atom. The van der Waals surface area contributed by atoms with E-state index in [9.17, 15) is 14.0 Å². The standard InChI is InChI=1S/C21H15FN2O3/c22-16-9-5-4-8-15(16)20(25)23-14-10-11-18-17(12-14)24-21(26)19(27-18)13-6-2-1-3-7-13/h1-12,19H,(H,23,25)(H,24,26). The molecule has 3 aromatic carbocycles. The normalized spacial score (nSPS) is 15.3. The van der Waals surface area contributed by atoms with E-state index >= 15 is 0 Å². The molecule has 1 atom stereocenters. The fourth-order valence-electron chi connectivity index (χ4n) is 2.88. The van der Waals surface area contributed by atoms with Gasteiger partial charge in [-0.2, -0.15) is 0 Å². The van der Waals surface area contributed by atoms with Crippen LogP contribution >= 0.6 is 0 Å². The van der Waals surface area contributed by atoms with Gasteiger partial charge >= 0.3 is 0 Å². The number of carbonyl (C=O) groups excluding carboxylic acids is 2. The first-order valence-corrected chi connectivity index (χ1v) is 8.34. The molecule has 2 amide bonds. The van der Waals surface area contributed by atoms with Crippen LogP contribution in [0.5, 0.6) is 5.75 Å². The number of benzene rings is 3. The van der Waals surface area contributed by atoms with Gasteiger partial charge in [0.05, 0.1) is 11.3 Å². The molecular weight excluding hydrogens is 347 g/mol. The molecule has 27 heavy (non-hydrogen) atoms. The maximum Gasteiger partial charge on any atom is 0.270 e. The van der Waals surface area contributed by atoms with Gasteiger partial charge in [0.2, 0.25) is 6.10 Å². The van der Waals surface area contributed by atoms with Gasteiger partial charge in [0, 0.05) is 11.3 Å². The molecule has 0 bridgehead atoms. The van der Waals surface area contributed by atoms with E-state index in [1.165, 1.54) is 18.2 Å². The summed E-state index contributed by atoms with van der Waals surface area (Å²) in [6.45, 7) is 0. The molecule has 0 spiro atoms. The highest BCUT2D eigenvalue weighted by molar-refractivity contribution is 6.05. The molecule has 4 rings (SSSR count). The molecule has 2 N–H and O–H groups in total. The van der Waals surface area contributed by atoms with E-state index in [2.05, 4.69) is 10.6 Å². The highest BCUT2D eigenvalue weighted by Gasteiger charge is 2.29. The topological polar surface area (TPSA) is 67.4 Å². The third kappa shape index (κ3) is 3.37. The van der Waals surface area contributed by atoms with Crippen LogP contribution in [0.4, 0.5) is 15.8 Å². The molecule has 1 aliphatic rings. The molecule has 0 saturated carbocycles. The molecule has 0 aliphatic carbocycles. The number of nitrogens with one attached hydrogen (secondary N) is 2. The number of hydrogen-bond acceptors (Lipinski definition) is 3. The van der Waals surface area contributed by atoms with Crippen molar-refractivity contribution in [2.24, 2.45) is 0 Å². The van der Waals surface area contributed by atoms with E-state index in [1.54, 1.807) is 24.3 Å². The first kappa shape index (κ1) is 16.8. The van der Waals surface area contributed by atoms with Crippen molar-refractivity contribution in [1.82, 2.24) is 0 Å². The number of amides is 2. The van der Waals surface area contributed by atoms with Crippen LogP contribution in [0.2, 0.25) is 0 Å². The predicted molar refractivity (Wildman–Crippen MR) is 99.2 cm³/mol. The second kappa shape index (κ2) is 6.92. The molecule has 3 aromatic rings. The van der Waals surface area contributed by atoms with Crippen molar-refractivity contribution in [2.75, 3.05) is 10.6 Å². The number of hydrogen-bond donors (Lipinski definition) is 2. The quantitative estimate of drug-likeness (QED) is 0.735. The van der Waals surface area contributed by atoms with Crippen LogP contribution in [-0.4, -0.2) is 11.8 Å². The molecule has 0 radical (unpaired) electrons. The molecule has 1 unspecified atom stereocenters. The summed E-state index contributed by atoms with van der Waals surface area (Å²) in [6, 6.07) is 19.8. The molecule has 6 heteroatoms. The molecular formula is C21H15FN2O3. The minimum Gasteiger partial charge on any atom is -0.474 e. The smallest absolute Gasteiger partial charge is 0.270 e. The summed E-state index contributed by atoms with van der Waals surface area (Å²) in [5, 5.41) is 5.41. The van der Waals surface area contributed by atoms with Crippen molar-refractivity contribution in [3.05, 3.63) is 89.7 Å². The van der Waals surface area contributed by atoms with E-state index in [4.69, 9.17) is 4.74 Å². The van der Waals surface area contributed by atoms with E-state index in [-0.39, 0.29) is 11.5 Å². The van der Waals surface area contributed by atoms with Gasteiger partial charge in [0.1, 0.15) is 11.6 Å². The van der Waals surface area contributed by atoms with Crippen LogP contribution in [-0.2, 0) is 4.79 Å². The third-order valence-corrected chi connectivity index (χ3v) is 4.20. The van der Waals surface area contributed by atoms with Gasteiger partial charge < -0.3 is 15.4 Å². The lowest BCUT2D eigenvalue weighted by Gasteiger charge is -2.26. The summed E-state index contributed by atoms with van der Waals surface area (Å²) in [4.78, 5) is 24.6. The van der Waals surface area contributed by atoms with Crippen LogP contribution < -0.4 is 15.4 Å². The Morgan fingerprint density at radius 2 is 1.74 bits per heavy atom. The largest absolute Gasteiger partial charge is 0.474 e. The predicted octanol–water partition coefficient (Wildman–Crippen LogP) is 4.15. The van der Waals surface area contributed by atoms with Crippen molar-refractivity contribution in [3.8, 4) is 5.75 Å². The average molecular weight is 362 g/mol. The number of halogens is 1. The second-order valence-corrected chi connectivity index (χ2v) is 6.04. The van der Waals surface area contributed by atoms with E-state index < -0.39 is 17.8 Å². The Bertz CT molecular complexity index is 1020. The molecule has 134 valence electrons.